The molecular formula is C15H19ClN2S. The molecule has 0 spiro atoms. The molecule has 0 saturated heterocycles. The van der Waals surface area contributed by atoms with Crippen LogP contribution in [0.2, 0.25) is 5.02 Å². The standard InChI is InChI=1S/C15H19ClN2S/c1-10-6-7-12(8-13(10)16)17-15-18-14-5-3-2-4-11(14)9-19-15/h6-8,11,14H,2-5,9H2,1H3,(H,17,18). The monoisotopic (exact) mass is 294 g/mol. The lowest BCUT2D eigenvalue weighted by Gasteiger charge is -2.32. The second-order valence-electron chi connectivity index (χ2n) is 5.45. The average molecular weight is 295 g/mol. The van der Waals surface area contributed by atoms with E-state index in [1.165, 1.54) is 31.4 Å². The first-order chi connectivity index (χ1) is 9.22. The normalized spacial score (nSPS) is 26.5. The van der Waals surface area contributed by atoms with Gasteiger partial charge >= 0.3 is 0 Å². The SMILES string of the molecule is Cc1ccc(NC2=NC3CCCCC3CS2)cc1Cl. The second-order valence-corrected chi connectivity index (χ2v) is 6.86. The maximum atomic E-state index is 6.16. The highest BCUT2D eigenvalue weighted by Crippen LogP contribution is 2.34. The molecule has 4 heteroatoms. The molecular weight excluding hydrogens is 276 g/mol. The average Bonchev–Trinajstić information content (AvgIpc) is 2.43. The summed E-state index contributed by atoms with van der Waals surface area (Å²) in [5.41, 5.74) is 2.15. The quantitative estimate of drug-likeness (QED) is 0.810. The molecule has 1 aromatic carbocycles. The van der Waals surface area contributed by atoms with Crippen molar-refractivity contribution in [3.63, 3.8) is 0 Å². The lowest BCUT2D eigenvalue weighted by molar-refractivity contribution is 0.336. The fourth-order valence-corrected chi connectivity index (χ4v) is 4.13. The molecule has 1 heterocycles. The van der Waals surface area contributed by atoms with Crippen LogP contribution in [-0.4, -0.2) is 17.0 Å². The third-order valence-corrected chi connectivity index (χ3v) is 5.49. The Kier molecular flexibility index (Phi) is 4.04. The summed E-state index contributed by atoms with van der Waals surface area (Å²) in [5.74, 6) is 2.00. The topological polar surface area (TPSA) is 24.4 Å². The van der Waals surface area contributed by atoms with Crippen LogP contribution in [0.5, 0.6) is 0 Å². The van der Waals surface area contributed by atoms with E-state index in [9.17, 15) is 0 Å². The summed E-state index contributed by atoms with van der Waals surface area (Å²) in [6, 6.07) is 6.63. The zero-order chi connectivity index (χ0) is 13.2. The van der Waals surface area contributed by atoms with Crippen LogP contribution in [0.25, 0.3) is 0 Å². The van der Waals surface area contributed by atoms with E-state index >= 15 is 0 Å². The number of amidine groups is 1. The van der Waals surface area contributed by atoms with Gasteiger partial charge in [0.2, 0.25) is 0 Å². The highest BCUT2D eigenvalue weighted by Gasteiger charge is 2.29. The van der Waals surface area contributed by atoms with Gasteiger partial charge in [-0.05, 0) is 43.4 Å². The van der Waals surface area contributed by atoms with E-state index in [4.69, 9.17) is 16.6 Å². The van der Waals surface area contributed by atoms with Crippen LogP contribution in [0.15, 0.2) is 23.2 Å². The molecule has 1 N–H and O–H groups in total. The number of nitrogens with one attached hydrogen (secondary N) is 1. The molecule has 1 fully saturated rings. The number of thioether (sulfide) groups is 1. The van der Waals surface area contributed by atoms with E-state index in [2.05, 4.69) is 11.4 Å². The van der Waals surface area contributed by atoms with Crippen molar-refractivity contribution in [1.82, 2.24) is 0 Å². The predicted molar refractivity (Wildman–Crippen MR) is 85.5 cm³/mol. The van der Waals surface area contributed by atoms with Crippen LogP contribution < -0.4 is 5.32 Å². The van der Waals surface area contributed by atoms with Crippen LogP contribution in [-0.2, 0) is 0 Å². The van der Waals surface area contributed by atoms with Gasteiger partial charge < -0.3 is 5.32 Å². The number of fused-ring (bicyclic) bond motifs is 1. The first-order valence-electron chi connectivity index (χ1n) is 6.96. The number of hydrogen-bond donors (Lipinski definition) is 1. The van der Waals surface area contributed by atoms with Gasteiger partial charge in [-0.3, -0.25) is 4.99 Å². The van der Waals surface area contributed by atoms with Crippen LogP contribution in [0, 0.1) is 12.8 Å². The van der Waals surface area contributed by atoms with Crippen molar-refractivity contribution in [2.24, 2.45) is 10.9 Å². The van der Waals surface area contributed by atoms with Gasteiger partial charge in [-0.2, -0.15) is 0 Å². The maximum absolute atomic E-state index is 6.16. The van der Waals surface area contributed by atoms with Gasteiger partial charge in [0.1, 0.15) is 0 Å². The number of halogens is 1. The minimum atomic E-state index is 0.540. The van der Waals surface area contributed by atoms with Crippen molar-refractivity contribution in [2.75, 3.05) is 11.1 Å². The van der Waals surface area contributed by atoms with Crippen molar-refractivity contribution >= 4 is 34.2 Å². The summed E-state index contributed by atoms with van der Waals surface area (Å²) < 4.78 is 0. The van der Waals surface area contributed by atoms with Gasteiger partial charge in [0.25, 0.3) is 0 Å². The molecule has 2 unspecified atom stereocenters. The number of nitrogens with zero attached hydrogens (tertiary/aromatic N) is 1. The van der Waals surface area contributed by atoms with E-state index in [0.717, 1.165) is 27.4 Å². The molecule has 0 amide bonds. The van der Waals surface area contributed by atoms with Gasteiger partial charge in [-0.15, -0.1) is 0 Å². The van der Waals surface area contributed by atoms with Gasteiger partial charge in [-0.1, -0.05) is 42.3 Å². The van der Waals surface area contributed by atoms with Crippen LogP contribution in [0.3, 0.4) is 0 Å². The van der Waals surface area contributed by atoms with E-state index in [0.29, 0.717) is 6.04 Å². The Labute approximate surface area is 124 Å². The summed E-state index contributed by atoms with van der Waals surface area (Å²) in [5, 5.41) is 5.28. The summed E-state index contributed by atoms with van der Waals surface area (Å²) in [6.07, 6.45) is 5.32. The van der Waals surface area contributed by atoms with E-state index in [1.54, 1.807) is 0 Å². The molecule has 1 aliphatic carbocycles. The molecule has 2 nitrogen and oxygen atoms in total. The Morgan fingerprint density at radius 2 is 2.16 bits per heavy atom. The predicted octanol–water partition coefficient (Wildman–Crippen LogP) is 4.72. The van der Waals surface area contributed by atoms with Gasteiger partial charge in [0.15, 0.2) is 5.17 Å². The van der Waals surface area contributed by atoms with Crippen LogP contribution in [0.4, 0.5) is 5.69 Å². The lowest BCUT2D eigenvalue weighted by Crippen LogP contribution is -2.31. The summed E-state index contributed by atoms with van der Waals surface area (Å²) in [6.45, 7) is 2.02. The highest BCUT2D eigenvalue weighted by molar-refractivity contribution is 8.14. The minimum Gasteiger partial charge on any atom is -0.335 e. The first kappa shape index (κ1) is 13.3. The molecule has 2 aliphatic rings. The zero-order valence-corrected chi connectivity index (χ0v) is 12.7. The zero-order valence-electron chi connectivity index (χ0n) is 11.2. The van der Waals surface area contributed by atoms with Crippen LogP contribution >= 0.6 is 23.4 Å². The van der Waals surface area contributed by atoms with Gasteiger partial charge in [0.05, 0.1) is 6.04 Å². The third-order valence-electron chi connectivity index (χ3n) is 4.01. The van der Waals surface area contributed by atoms with Gasteiger partial charge in [0, 0.05) is 16.5 Å². The van der Waals surface area contributed by atoms with E-state index in [-0.39, 0.29) is 0 Å². The Bertz CT molecular complexity index is 501. The third kappa shape index (κ3) is 3.09. The minimum absolute atomic E-state index is 0.540. The molecule has 0 aromatic heterocycles. The number of rotatable bonds is 1. The summed E-state index contributed by atoms with van der Waals surface area (Å²) in [7, 11) is 0. The van der Waals surface area contributed by atoms with Crippen molar-refractivity contribution in [3.05, 3.63) is 28.8 Å². The second kappa shape index (κ2) is 5.76. The molecule has 0 radical (unpaired) electrons. The smallest absolute Gasteiger partial charge is 0.161 e. The molecule has 3 rings (SSSR count). The van der Waals surface area contributed by atoms with Crippen molar-refractivity contribution < 1.29 is 0 Å². The molecule has 19 heavy (non-hydrogen) atoms. The van der Waals surface area contributed by atoms with E-state index in [1.807, 2.05) is 30.8 Å². The van der Waals surface area contributed by atoms with Crippen molar-refractivity contribution in [2.45, 2.75) is 38.6 Å². The Morgan fingerprint density at radius 3 is 3.00 bits per heavy atom. The first-order valence-corrected chi connectivity index (χ1v) is 8.32. The number of benzene rings is 1. The Balaban J connectivity index is 1.72. The number of hydrogen-bond acceptors (Lipinski definition) is 3. The molecule has 1 aliphatic heterocycles. The molecule has 0 bridgehead atoms. The fourth-order valence-electron chi connectivity index (χ4n) is 2.79. The fraction of sp³-hybridized carbons (Fsp3) is 0.533. The number of aliphatic imine (C=N–C) groups is 1. The summed E-state index contributed by atoms with van der Waals surface area (Å²) in [4.78, 5) is 4.88. The van der Waals surface area contributed by atoms with Crippen LogP contribution in [0.1, 0.15) is 31.2 Å². The van der Waals surface area contributed by atoms with Crippen molar-refractivity contribution in [3.8, 4) is 0 Å². The molecule has 1 saturated carbocycles. The lowest BCUT2D eigenvalue weighted by atomic mass is 9.86. The molecule has 2 atom stereocenters. The maximum Gasteiger partial charge on any atom is 0.161 e. The number of aryl methyl sites for hydroxylation is 1. The van der Waals surface area contributed by atoms with Gasteiger partial charge in [-0.25, -0.2) is 0 Å². The molecule has 102 valence electrons. The highest BCUT2D eigenvalue weighted by atomic mass is 35.5. The summed E-state index contributed by atoms with van der Waals surface area (Å²) >= 11 is 8.01. The Morgan fingerprint density at radius 1 is 1.32 bits per heavy atom. The molecule has 1 aromatic rings. The Hall–Kier alpha value is -0.670. The number of anilines is 1. The largest absolute Gasteiger partial charge is 0.335 e. The van der Waals surface area contributed by atoms with E-state index < -0.39 is 0 Å². The van der Waals surface area contributed by atoms with Crippen molar-refractivity contribution in [1.29, 1.82) is 0 Å².